The Morgan fingerprint density at radius 3 is 2.52 bits per heavy atom. The quantitative estimate of drug-likeness (QED) is 0.835. The summed E-state index contributed by atoms with van der Waals surface area (Å²) in [6.07, 6.45) is -1.11. The van der Waals surface area contributed by atoms with Crippen LogP contribution in [-0.4, -0.2) is 19.3 Å². The van der Waals surface area contributed by atoms with Gasteiger partial charge < -0.3 is 0 Å². The number of alkyl halides is 3. The highest BCUT2D eigenvalue weighted by Crippen LogP contribution is 2.32. The third kappa shape index (κ3) is 5.11. The Balaban J connectivity index is 2.26. The van der Waals surface area contributed by atoms with Crippen LogP contribution in [-0.2, 0) is 16.2 Å². The molecule has 2 aromatic rings. The van der Waals surface area contributed by atoms with Crippen molar-refractivity contribution in [2.45, 2.75) is 6.18 Å². The van der Waals surface area contributed by atoms with E-state index >= 15 is 0 Å². The molecule has 0 aliphatic heterocycles. The summed E-state index contributed by atoms with van der Waals surface area (Å²) in [4.78, 5) is 15.6. The Bertz CT molecular complexity index is 910. The minimum absolute atomic E-state index is 0.118. The molecule has 10 heteroatoms. The smallest absolute Gasteiger partial charge is 0.268 e. The molecule has 1 N–H and O–H groups in total. The highest BCUT2D eigenvalue weighted by molar-refractivity contribution is 7.93. The van der Waals surface area contributed by atoms with Gasteiger partial charge >= 0.3 is 6.18 Å². The van der Waals surface area contributed by atoms with Gasteiger partial charge in [-0.3, -0.25) is 9.78 Å². The molecule has 1 aromatic heterocycles. The highest BCUT2D eigenvalue weighted by Gasteiger charge is 2.36. The molecule has 0 saturated heterocycles. The maximum absolute atomic E-state index is 13.0. The van der Waals surface area contributed by atoms with Crippen LogP contribution in [0.4, 0.5) is 17.6 Å². The lowest BCUT2D eigenvalue weighted by atomic mass is 10.1. The number of hydrogen-bond donors (Lipinski definition) is 1. The molecule has 0 radical (unpaired) electrons. The average Bonchev–Trinajstić information content (AvgIpc) is 2.52. The number of sulfonamides is 1. The SMILES string of the molecule is O=C(NS(=O)(=O)/C=C/c1cccnc1)c1ccc(F)cc1C(F)(F)F. The van der Waals surface area contributed by atoms with Crippen LogP contribution in [0, 0.1) is 5.82 Å². The van der Waals surface area contributed by atoms with E-state index in [1.165, 1.54) is 23.2 Å². The zero-order valence-electron chi connectivity index (χ0n) is 12.3. The van der Waals surface area contributed by atoms with Gasteiger partial charge in [-0.25, -0.2) is 17.5 Å². The van der Waals surface area contributed by atoms with Crippen molar-refractivity contribution in [3.8, 4) is 0 Å². The summed E-state index contributed by atoms with van der Waals surface area (Å²) in [5.74, 6) is -2.73. The molecule has 0 spiro atoms. The first kappa shape index (κ1) is 18.6. The maximum Gasteiger partial charge on any atom is 0.417 e. The molecule has 0 saturated carbocycles. The molecule has 5 nitrogen and oxygen atoms in total. The molecular weight excluding hydrogens is 364 g/mol. The summed E-state index contributed by atoms with van der Waals surface area (Å²) < 4.78 is 76.8. The first-order valence-electron chi connectivity index (χ1n) is 6.60. The third-order valence-corrected chi connectivity index (χ3v) is 3.85. The first-order chi connectivity index (χ1) is 11.6. The Morgan fingerprint density at radius 2 is 1.92 bits per heavy atom. The number of rotatable bonds is 4. The number of aromatic nitrogens is 1. The number of benzene rings is 1. The van der Waals surface area contributed by atoms with Gasteiger partial charge in [0, 0.05) is 12.4 Å². The lowest BCUT2D eigenvalue weighted by Crippen LogP contribution is -2.30. The zero-order valence-corrected chi connectivity index (χ0v) is 13.1. The largest absolute Gasteiger partial charge is 0.417 e. The van der Waals surface area contributed by atoms with Crippen molar-refractivity contribution in [3.05, 3.63) is 70.6 Å². The van der Waals surface area contributed by atoms with E-state index in [1.807, 2.05) is 0 Å². The van der Waals surface area contributed by atoms with E-state index < -0.39 is 39.1 Å². The number of nitrogens with zero attached hydrogens (tertiary/aromatic N) is 1. The number of pyridine rings is 1. The van der Waals surface area contributed by atoms with E-state index in [4.69, 9.17) is 0 Å². The minimum atomic E-state index is -5.02. The summed E-state index contributed by atoms with van der Waals surface area (Å²) in [6.45, 7) is 0. The van der Waals surface area contributed by atoms with Crippen LogP contribution in [0.15, 0.2) is 48.1 Å². The number of carbonyl (C=O) groups excluding carboxylic acids is 1. The molecular formula is C15H10F4N2O3S. The topological polar surface area (TPSA) is 76.1 Å². The molecule has 1 amide bonds. The van der Waals surface area contributed by atoms with Crippen molar-refractivity contribution >= 4 is 22.0 Å². The minimum Gasteiger partial charge on any atom is -0.268 e. The molecule has 0 aliphatic carbocycles. The Hall–Kier alpha value is -2.75. The van der Waals surface area contributed by atoms with Crippen molar-refractivity contribution < 1.29 is 30.8 Å². The van der Waals surface area contributed by atoms with Gasteiger partial charge in [0.1, 0.15) is 5.82 Å². The molecule has 0 fully saturated rings. The van der Waals surface area contributed by atoms with Crippen LogP contribution >= 0.6 is 0 Å². The van der Waals surface area contributed by atoms with Gasteiger partial charge in [0.15, 0.2) is 0 Å². The molecule has 0 atom stereocenters. The van der Waals surface area contributed by atoms with Gasteiger partial charge in [-0.1, -0.05) is 6.07 Å². The fourth-order valence-electron chi connectivity index (χ4n) is 1.81. The summed E-state index contributed by atoms with van der Waals surface area (Å²) >= 11 is 0. The van der Waals surface area contributed by atoms with Crippen LogP contribution in [0.5, 0.6) is 0 Å². The van der Waals surface area contributed by atoms with E-state index in [9.17, 15) is 30.8 Å². The summed E-state index contributed by atoms with van der Waals surface area (Å²) in [6, 6.07) is 4.38. The zero-order chi connectivity index (χ0) is 18.7. The van der Waals surface area contributed by atoms with Crippen molar-refractivity contribution in [3.63, 3.8) is 0 Å². The molecule has 1 aromatic carbocycles. The van der Waals surface area contributed by atoms with Gasteiger partial charge in [-0.05, 0) is 35.9 Å². The standard InChI is InChI=1S/C15H10F4N2O3S/c16-11-3-4-12(13(8-11)15(17,18)19)14(22)21-25(23,24)7-5-10-2-1-6-20-9-10/h1-9H,(H,21,22)/b7-5+. The van der Waals surface area contributed by atoms with Gasteiger partial charge in [0.25, 0.3) is 15.9 Å². The van der Waals surface area contributed by atoms with Gasteiger partial charge in [-0.2, -0.15) is 13.2 Å². The number of halogens is 4. The second-order valence-corrected chi connectivity index (χ2v) is 6.32. The van der Waals surface area contributed by atoms with Gasteiger partial charge in [0.05, 0.1) is 16.5 Å². The molecule has 132 valence electrons. The molecule has 0 bridgehead atoms. The molecule has 1 heterocycles. The van der Waals surface area contributed by atoms with Crippen LogP contribution in [0.25, 0.3) is 6.08 Å². The van der Waals surface area contributed by atoms with Crippen LogP contribution in [0.1, 0.15) is 21.5 Å². The second-order valence-electron chi connectivity index (χ2n) is 4.75. The van der Waals surface area contributed by atoms with Gasteiger partial charge in [-0.15, -0.1) is 0 Å². The second kappa shape index (κ2) is 7.01. The predicted molar refractivity (Wildman–Crippen MR) is 81.1 cm³/mol. The van der Waals surface area contributed by atoms with Crippen LogP contribution < -0.4 is 4.72 Å². The van der Waals surface area contributed by atoms with E-state index in [0.717, 1.165) is 6.08 Å². The van der Waals surface area contributed by atoms with E-state index in [1.54, 1.807) is 6.07 Å². The number of amides is 1. The van der Waals surface area contributed by atoms with Crippen molar-refractivity contribution in [1.29, 1.82) is 0 Å². The Kier molecular flexibility index (Phi) is 5.21. The summed E-state index contributed by atoms with van der Waals surface area (Å²) in [7, 11) is -4.37. The number of hydrogen-bond acceptors (Lipinski definition) is 4. The molecule has 0 unspecified atom stereocenters. The summed E-state index contributed by atoms with van der Waals surface area (Å²) in [5, 5.41) is 0.610. The monoisotopic (exact) mass is 374 g/mol. The molecule has 0 aliphatic rings. The Morgan fingerprint density at radius 1 is 1.20 bits per heavy atom. The lowest BCUT2D eigenvalue weighted by Gasteiger charge is -2.12. The van der Waals surface area contributed by atoms with E-state index in [0.29, 0.717) is 23.1 Å². The van der Waals surface area contributed by atoms with Crippen LogP contribution in [0.2, 0.25) is 0 Å². The molecule has 2 rings (SSSR count). The van der Waals surface area contributed by atoms with Crippen LogP contribution in [0.3, 0.4) is 0 Å². The average molecular weight is 374 g/mol. The van der Waals surface area contributed by atoms with E-state index in [-0.39, 0.29) is 6.07 Å². The fourth-order valence-corrected chi connectivity index (χ4v) is 2.58. The third-order valence-electron chi connectivity index (χ3n) is 2.89. The Labute approximate surface area is 140 Å². The fraction of sp³-hybridized carbons (Fsp3) is 0.0667. The first-order valence-corrected chi connectivity index (χ1v) is 8.15. The van der Waals surface area contributed by atoms with Crippen molar-refractivity contribution in [1.82, 2.24) is 9.71 Å². The number of carbonyl (C=O) groups is 1. The normalized spacial score (nSPS) is 12.3. The lowest BCUT2D eigenvalue weighted by molar-refractivity contribution is -0.138. The molecule has 25 heavy (non-hydrogen) atoms. The summed E-state index contributed by atoms with van der Waals surface area (Å²) in [5.41, 5.74) is -2.18. The maximum atomic E-state index is 13.0. The predicted octanol–water partition coefficient (Wildman–Crippen LogP) is 2.97. The van der Waals surface area contributed by atoms with Crippen molar-refractivity contribution in [2.24, 2.45) is 0 Å². The van der Waals surface area contributed by atoms with E-state index in [2.05, 4.69) is 4.98 Å². The van der Waals surface area contributed by atoms with Gasteiger partial charge in [0.2, 0.25) is 0 Å². The number of nitrogens with one attached hydrogen (secondary N) is 1. The van der Waals surface area contributed by atoms with Crippen molar-refractivity contribution in [2.75, 3.05) is 0 Å². The highest BCUT2D eigenvalue weighted by atomic mass is 32.2.